The summed E-state index contributed by atoms with van der Waals surface area (Å²) in [7, 11) is -3.40. The zero-order valence-electron chi connectivity index (χ0n) is 8.36. The molecule has 1 aromatic rings. The molecular weight excluding hydrogens is 234 g/mol. The van der Waals surface area contributed by atoms with Gasteiger partial charge in [0, 0.05) is 11.3 Å². The van der Waals surface area contributed by atoms with E-state index in [1.54, 1.807) is 11.8 Å². The van der Waals surface area contributed by atoms with Crippen LogP contribution in [0.1, 0.15) is 12.8 Å². The maximum Gasteiger partial charge on any atom is 0.257 e. The number of nitrogens with zero attached hydrogens (tertiary/aromatic N) is 1. The van der Waals surface area contributed by atoms with Crippen LogP contribution in [-0.4, -0.2) is 35.9 Å². The highest BCUT2D eigenvalue weighted by molar-refractivity contribution is 8.00. The summed E-state index contributed by atoms with van der Waals surface area (Å²) in [6.07, 6.45) is 6.84. The van der Waals surface area contributed by atoms with Gasteiger partial charge in [0.25, 0.3) is 10.0 Å². The number of H-pyrrole nitrogens is 1. The number of thioether (sulfide) groups is 1. The van der Waals surface area contributed by atoms with Crippen molar-refractivity contribution in [2.45, 2.75) is 22.6 Å². The lowest BCUT2D eigenvalue weighted by Gasteiger charge is -2.12. The van der Waals surface area contributed by atoms with Crippen LogP contribution in [0, 0.1) is 0 Å². The first kappa shape index (κ1) is 11.0. The number of sulfonamides is 1. The fraction of sp³-hybridized carbons (Fsp3) is 0.625. The van der Waals surface area contributed by atoms with Crippen molar-refractivity contribution in [3.05, 3.63) is 12.5 Å². The molecule has 1 heterocycles. The molecule has 0 unspecified atom stereocenters. The molecule has 7 heteroatoms. The van der Waals surface area contributed by atoms with Gasteiger partial charge in [0.15, 0.2) is 5.03 Å². The number of rotatable bonds is 5. The molecule has 0 spiro atoms. The third kappa shape index (κ3) is 2.35. The Hall–Kier alpha value is -0.530. The molecule has 0 atom stereocenters. The van der Waals surface area contributed by atoms with E-state index in [1.807, 2.05) is 6.26 Å². The standard InChI is InChI=1S/C8H13N3O2S2/c1-14-8(2-3-8)5-11-15(12,13)7-4-9-6-10-7/h4,6,11H,2-3,5H2,1H3,(H,9,10). The third-order valence-corrected chi connectivity index (χ3v) is 5.33. The topological polar surface area (TPSA) is 74.8 Å². The van der Waals surface area contributed by atoms with Gasteiger partial charge in [0.2, 0.25) is 0 Å². The monoisotopic (exact) mass is 247 g/mol. The van der Waals surface area contributed by atoms with Crippen molar-refractivity contribution in [2.75, 3.05) is 12.8 Å². The molecule has 0 radical (unpaired) electrons. The summed E-state index contributed by atoms with van der Waals surface area (Å²) >= 11 is 1.72. The van der Waals surface area contributed by atoms with Crippen LogP contribution < -0.4 is 4.72 Å². The first-order valence-corrected chi connectivity index (χ1v) is 7.32. The van der Waals surface area contributed by atoms with Crippen LogP contribution in [0.25, 0.3) is 0 Å². The maximum atomic E-state index is 11.7. The molecule has 15 heavy (non-hydrogen) atoms. The summed E-state index contributed by atoms with van der Waals surface area (Å²) in [5.41, 5.74) is 0. The van der Waals surface area contributed by atoms with Crippen molar-refractivity contribution in [1.29, 1.82) is 0 Å². The van der Waals surface area contributed by atoms with E-state index in [2.05, 4.69) is 14.7 Å². The average Bonchev–Trinajstić information content (AvgIpc) is 2.77. The molecular formula is C8H13N3O2S2. The number of aromatic nitrogens is 2. The first-order chi connectivity index (χ1) is 7.08. The fourth-order valence-corrected chi connectivity index (χ4v) is 3.13. The fourth-order valence-electron chi connectivity index (χ4n) is 1.29. The predicted octanol–water partition coefficient (Wildman–Crippen LogP) is 0.584. The van der Waals surface area contributed by atoms with Crippen LogP contribution in [0.4, 0.5) is 0 Å². The van der Waals surface area contributed by atoms with E-state index in [0.29, 0.717) is 6.54 Å². The third-order valence-electron chi connectivity index (χ3n) is 2.59. The van der Waals surface area contributed by atoms with Gasteiger partial charge in [-0.15, -0.1) is 0 Å². The maximum absolute atomic E-state index is 11.7. The summed E-state index contributed by atoms with van der Waals surface area (Å²) in [4.78, 5) is 6.27. The van der Waals surface area contributed by atoms with Gasteiger partial charge >= 0.3 is 0 Å². The van der Waals surface area contributed by atoms with Crippen LogP contribution in [0.3, 0.4) is 0 Å². The lowest BCUT2D eigenvalue weighted by Crippen LogP contribution is -2.31. The second kappa shape index (κ2) is 3.80. The summed E-state index contributed by atoms with van der Waals surface area (Å²) in [5.74, 6) is 0. The van der Waals surface area contributed by atoms with Crippen LogP contribution >= 0.6 is 11.8 Å². The minimum Gasteiger partial charge on any atom is -0.335 e. The molecule has 1 fully saturated rings. The Balaban J connectivity index is 2.00. The van der Waals surface area contributed by atoms with E-state index >= 15 is 0 Å². The quantitative estimate of drug-likeness (QED) is 0.798. The van der Waals surface area contributed by atoms with E-state index < -0.39 is 10.0 Å². The molecule has 2 N–H and O–H groups in total. The zero-order valence-corrected chi connectivity index (χ0v) is 9.99. The van der Waals surface area contributed by atoms with Crippen molar-refractivity contribution in [2.24, 2.45) is 0 Å². The van der Waals surface area contributed by atoms with E-state index in [-0.39, 0.29) is 9.77 Å². The van der Waals surface area contributed by atoms with E-state index in [4.69, 9.17) is 0 Å². The largest absolute Gasteiger partial charge is 0.335 e. The summed E-state index contributed by atoms with van der Waals surface area (Å²) in [6, 6.07) is 0. The molecule has 0 bridgehead atoms. The van der Waals surface area contributed by atoms with Crippen LogP contribution in [-0.2, 0) is 10.0 Å². The van der Waals surface area contributed by atoms with Crippen molar-refractivity contribution in [3.63, 3.8) is 0 Å². The molecule has 0 aliphatic heterocycles. The lowest BCUT2D eigenvalue weighted by atomic mass is 10.4. The van der Waals surface area contributed by atoms with Gasteiger partial charge < -0.3 is 4.98 Å². The second-order valence-electron chi connectivity index (χ2n) is 3.63. The predicted molar refractivity (Wildman–Crippen MR) is 59.3 cm³/mol. The molecule has 2 rings (SSSR count). The Kier molecular flexibility index (Phi) is 2.78. The van der Waals surface area contributed by atoms with Gasteiger partial charge in [0.05, 0.1) is 12.5 Å². The number of hydrogen-bond acceptors (Lipinski definition) is 4. The molecule has 84 valence electrons. The normalized spacial score (nSPS) is 19.0. The van der Waals surface area contributed by atoms with Gasteiger partial charge in [-0.3, -0.25) is 0 Å². The number of imidazole rings is 1. The van der Waals surface area contributed by atoms with E-state index in [0.717, 1.165) is 12.8 Å². The van der Waals surface area contributed by atoms with E-state index in [1.165, 1.54) is 12.5 Å². The van der Waals surface area contributed by atoms with Crippen LogP contribution in [0.15, 0.2) is 17.6 Å². The SMILES string of the molecule is CSC1(CNS(=O)(=O)c2cnc[nH]2)CC1. The molecule has 5 nitrogen and oxygen atoms in total. The summed E-state index contributed by atoms with van der Waals surface area (Å²) < 4.78 is 26.1. The summed E-state index contributed by atoms with van der Waals surface area (Å²) in [6.45, 7) is 0.496. The minimum atomic E-state index is -3.40. The average molecular weight is 247 g/mol. The Morgan fingerprint density at radius 2 is 2.40 bits per heavy atom. The molecule has 0 amide bonds. The molecule has 1 aromatic heterocycles. The molecule has 1 aliphatic carbocycles. The molecule has 1 saturated carbocycles. The Morgan fingerprint density at radius 1 is 1.67 bits per heavy atom. The van der Waals surface area contributed by atoms with Gasteiger partial charge in [-0.1, -0.05) is 0 Å². The molecule has 0 aromatic carbocycles. The van der Waals surface area contributed by atoms with Gasteiger partial charge in [-0.05, 0) is 19.1 Å². The zero-order chi connectivity index (χ0) is 10.9. The number of nitrogens with one attached hydrogen (secondary N) is 2. The van der Waals surface area contributed by atoms with Crippen LogP contribution in [0.2, 0.25) is 0 Å². The Labute approximate surface area is 93.1 Å². The van der Waals surface area contributed by atoms with Gasteiger partial charge in [-0.2, -0.15) is 11.8 Å². The molecule has 0 saturated heterocycles. The summed E-state index contributed by atoms with van der Waals surface area (Å²) in [5, 5.41) is 0.124. The van der Waals surface area contributed by atoms with Gasteiger partial charge in [-0.25, -0.2) is 18.1 Å². The van der Waals surface area contributed by atoms with Gasteiger partial charge in [0.1, 0.15) is 0 Å². The smallest absolute Gasteiger partial charge is 0.257 e. The Morgan fingerprint density at radius 3 is 2.87 bits per heavy atom. The van der Waals surface area contributed by atoms with E-state index in [9.17, 15) is 8.42 Å². The highest BCUT2D eigenvalue weighted by atomic mass is 32.2. The first-order valence-electron chi connectivity index (χ1n) is 4.61. The van der Waals surface area contributed by atoms with Crippen molar-refractivity contribution in [3.8, 4) is 0 Å². The number of aromatic amines is 1. The second-order valence-corrected chi connectivity index (χ2v) is 6.64. The lowest BCUT2D eigenvalue weighted by molar-refractivity contribution is 0.576. The Bertz CT molecular complexity index is 423. The van der Waals surface area contributed by atoms with Crippen molar-refractivity contribution >= 4 is 21.8 Å². The highest BCUT2D eigenvalue weighted by Crippen LogP contribution is 2.46. The highest BCUT2D eigenvalue weighted by Gasteiger charge is 2.42. The molecule has 1 aliphatic rings. The van der Waals surface area contributed by atoms with Crippen molar-refractivity contribution in [1.82, 2.24) is 14.7 Å². The van der Waals surface area contributed by atoms with Crippen molar-refractivity contribution < 1.29 is 8.42 Å². The number of hydrogen-bond donors (Lipinski definition) is 2. The van der Waals surface area contributed by atoms with Crippen LogP contribution in [0.5, 0.6) is 0 Å². The minimum absolute atomic E-state index is 0.124.